The number of nitrogens with zero attached hydrogens (tertiary/aromatic N) is 4. The second kappa shape index (κ2) is 5.91. The van der Waals surface area contributed by atoms with E-state index in [0.717, 1.165) is 19.6 Å². The first kappa shape index (κ1) is 11.5. The van der Waals surface area contributed by atoms with Gasteiger partial charge in [-0.2, -0.15) is 4.80 Å². The van der Waals surface area contributed by atoms with Gasteiger partial charge in [0.15, 0.2) is 5.82 Å². The van der Waals surface area contributed by atoms with Crippen LogP contribution in [0, 0.1) is 0 Å². The fraction of sp³-hybridized carbons (Fsp3) is 0.900. The van der Waals surface area contributed by atoms with E-state index >= 15 is 0 Å². The molecule has 0 amide bonds. The van der Waals surface area contributed by atoms with Gasteiger partial charge in [0.05, 0.1) is 7.05 Å². The largest absolute Gasteiger partial charge is 0.373 e. The van der Waals surface area contributed by atoms with Gasteiger partial charge in [0.25, 0.3) is 0 Å². The number of hydrogen-bond acceptors (Lipinski definition) is 5. The lowest BCUT2D eigenvalue weighted by Gasteiger charge is -2.22. The Morgan fingerprint density at radius 2 is 2.44 bits per heavy atom. The van der Waals surface area contributed by atoms with Crippen molar-refractivity contribution in [3.05, 3.63) is 5.82 Å². The molecule has 0 spiro atoms. The highest BCUT2D eigenvalue weighted by molar-refractivity contribution is 4.73. The van der Waals surface area contributed by atoms with Gasteiger partial charge in [0, 0.05) is 12.6 Å². The normalized spacial score (nSPS) is 21.2. The Bertz CT molecular complexity index is 308. The minimum atomic E-state index is 0.459. The monoisotopic (exact) mass is 225 g/mol. The van der Waals surface area contributed by atoms with Crippen LogP contribution in [-0.4, -0.2) is 39.4 Å². The van der Waals surface area contributed by atoms with E-state index in [2.05, 4.69) is 20.7 Å². The summed E-state index contributed by atoms with van der Waals surface area (Å²) in [6.07, 6.45) is 4.98. The third kappa shape index (κ3) is 3.53. The van der Waals surface area contributed by atoms with Gasteiger partial charge in [0.1, 0.15) is 6.61 Å². The Morgan fingerprint density at radius 3 is 3.12 bits per heavy atom. The molecule has 1 aliphatic rings. The predicted molar refractivity (Wildman–Crippen MR) is 58.7 cm³/mol. The standard InChI is InChI=1S/C10H19N5O/c1-15-13-10(12-14-15)8-16-7-5-9-4-2-3-6-11-9/h9,11H,2-8H2,1H3. The Morgan fingerprint density at radius 1 is 1.50 bits per heavy atom. The highest BCUT2D eigenvalue weighted by Gasteiger charge is 2.11. The summed E-state index contributed by atoms with van der Waals surface area (Å²) in [7, 11) is 1.75. The van der Waals surface area contributed by atoms with Crippen molar-refractivity contribution >= 4 is 0 Å². The van der Waals surface area contributed by atoms with Gasteiger partial charge in [-0.05, 0) is 31.0 Å². The molecule has 1 N–H and O–H groups in total. The molecule has 1 aliphatic heterocycles. The van der Waals surface area contributed by atoms with Crippen molar-refractivity contribution in [1.82, 2.24) is 25.5 Å². The molecule has 0 bridgehead atoms. The van der Waals surface area contributed by atoms with Crippen LogP contribution in [0.25, 0.3) is 0 Å². The Hall–Kier alpha value is -1.01. The number of rotatable bonds is 5. The molecular formula is C10H19N5O. The average molecular weight is 225 g/mol. The molecule has 0 saturated carbocycles. The van der Waals surface area contributed by atoms with E-state index in [1.54, 1.807) is 7.05 Å². The van der Waals surface area contributed by atoms with E-state index in [9.17, 15) is 0 Å². The summed E-state index contributed by atoms with van der Waals surface area (Å²) in [6.45, 7) is 2.37. The number of hydrogen-bond donors (Lipinski definition) is 1. The Labute approximate surface area is 95.4 Å². The van der Waals surface area contributed by atoms with Gasteiger partial charge in [0.2, 0.25) is 0 Å². The molecule has 90 valence electrons. The molecule has 1 aromatic rings. The van der Waals surface area contributed by atoms with Crippen molar-refractivity contribution in [3.8, 4) is 0 Å². The topological polar surface area (TPSA) is 64.9 Å². The van der Waals surface area contributed by atoms with Gasteiger partial charge < -0.3 is 10.1 Å². The van der Waals surface area contributed by atoms with Gasteiger partial charge in [-0.1, -0.05) is 6.42 Å². The van der Waals surface area contributed by atoms with Crippen LogP contribution in [0.3, 0.4) is 0 Å². The Balaban J connectivity index is 1.57. The van der Waals surface area contributed by atoms with Gasteiger partial charge in [-0.3, -0.25) is 0 Å². The zero-order valence-corrected chi connectivity index (χ0v) is 9.72. The minimum Gasteiger partial charge on any atom is -0.373 e. The summed E-state index contributed by atoms with van der Waals surface area (Å²) in [5.74, 6) is 0.652. The van der Waals surface area contributed by atoms with E-state index < -0.39 is 0 Å². The number of ether oxygens (including phenoxy) is 1. The van der Waals surface area contributed by atoms with Gasteiger partial charge in [-0.15, -0.1) is 10.2 Å². The van der Waals surface area contributed by atoms with E-state index in [0.29, 0.717) is 18.5 Å². The van der Waals surface area contributed by atoms with E-state index in [1.807, 2.05) is 0 Å². The molecule has 6 heteroatoms. The van der Waals surface area contributed by atoms with Crippen molar-refractivity contribution in [2.75, 3.05) is 13.2 Å². The SMILES string of the molecule is Cn1nnc(COCCC2CCCCN2)n1. The minimum absolute atomic E-state index is 0.459. The average Bonchev–Trinajstić information content (AvgIpc) is 2.72. The maximum atomic E-state index is 5.52. The highest BCUT2D eigenvalue weighted by atomic mass is 16.5. The van der Waals surface area contributed by atoms with Crippen LogP contribution in [0.4, 0.5) is 0 Å². The van der Waals surface area contributed by atoms with Crippen molar-refractivity contribution in [2.24, 2.45) is 7.05 Å². The number of aryl methyl sites for hydroxylation is 1. The molecule has 1 fully saturated rings. The van der Waals surface area contributed by atoms with E-state index in [4.69, 9.17) is 4.74 Å². The smallest absolute Gasteiger partial charge is 0.200 e. The van der Waals surface area contributed by atoms with Gasteiger partial charge in [-0.25, -0.2) is 0 Å². The maximum Gasteiger partial charge on any atom is 0.200 e. The number of aromatic nitrogens is 4. The molecule has 0 aliphatic carbocycles. The van der Waals surface area contributed by atoms with Crippen molar-refractivity contribution < 1.29 is 4.74 Å². The molecular weight excluding hydrogens is 206 g/mol. The zero-order valence-electron chi connectivity index (χ0n) is 9.72. The second-order valence-electron chi connectivity index (χ2n) is 4.18. The van der Waals surface area contributed by atoms with E-state index in [1.165, 1.54) is 24.1 Å². The summed E-state index contributed by atoms with van der Waals surface area (Å²) in [5, 5.41) is 15.2. The van der Waals surface area contributed by atoms with Crippen LogP contribution in [0.5, 0.6) is 0 Å². The highest BCUT2D eigenvalue weighted by Crippen LogP contribution is 2.10. The number of piperidine rings is 1. The second-order valence-corrected chi connectivity index (χ2v) is 4.18. The number of tetrazole rings is 1. The fourth-order valence-corrected chi connectivity index (χ4v) is 1.94. The third-order valence-corrected chi connectivity index (χ3v) is 2.80. The third-order valence-electron chi connectivity index (χ3n) is 2.80. The summed E-state index contributed by atoms with van der Waals surface area (Å²) in [5.41, 5.74) is 0. The van der Waals surface area contributed by atoms with Crippen molar-refractivity contribution in [1.29, 1.82) is 0 Å². The molecule has 1 aromatic heterocycles. The van der Waals surface area contributed by atoms with Crippen LogP contribution >= 0.6 is 0 Å². The zero-order chi connectivity index (χ0) is 11.2. The molecule has 0 radical (unpaired) electrons. The number of nitrogens with one attached hydrogen (secondary N) is 1. The summed E-state index contributed by atoms with van der Waals surface area (Å²) < 4.78 is 5.52. The first-order valence-electron chi connectivity index (χ1n) is 5.88. The van der Waals surface area contributed by atoms with Crippen LogP contribution in [0.2, 0.25) is 0 Å². The molecule has 16 heavy (non-hydrogen) atoms. The maximum absolute atomic E-state index is 5.52. The molecule has 1 atom stereocenters. The van der Waals surface area contributed by atoms with Crippen LogP contribution in [0.1, 0.15) is 31.5 Å². The van der Waals surface area contributed by atoms with Crippen LogP contribution in [-0.2, 0) is 18.4 Å². The van der Waals surface area contributed by atoms with Crippen LogP contribution < -0.4 is 5.32 Å². The molecule has 0 aromatic carbocycles. The molecule has 2 heterocycles. The molecule has 6 nitrogen and oxygen atoms in total. The first-order valence-corrected chi connectivity index (χ1v) is 5.88. The summed E-state index contributed by atoms with van der Waals surface area (Å²) in [6, 6.07) is 0.628. The lowest BCUT2D eigenvalue weighted by molar-refractivity contribution is 0.103. The summed E-state index contributed by atoms with van der Waals surface area (Å²) >= 11 is 0. The first-order chi connectivity index (χ1) is 7.84. The molecule has 1 unspecified atom stereocenters. The Kier molecular flexibility index (Phi) is 4.24. The van der Waals surface area contributed by atoms with Crippen LogP contribution in [0.15, 0.2) is 0 Å². The van der Waals surface area contributed by atoms with E-state index in [-0.39, 0.29) is 0 Å². The molecule has 2 rings (SSSR count). The lowest BCUT2D eigenvalue weighted by Crippen LogP contribution is -2.34. The predicted octanol–water partition coefficient (Wildman–Crippen LogP) is 0.259. The summed E-state index contributed by atoms with van der Waals surface area (Å²) in [4.78, 5) is 1.45. The fourth-order valence-electron chi connectivity index (χ4n) is 1.94. The van der Waals surface area contributed by atoms with Gasteiger partial charge >= 0.3 is 0 Å². The quantitative estimate of drug-likeness (QED) is 0.728. The lowest BCUT2D eigenvalue weighted by atomic mass is 10.0. The van der Waals surface area contributed by atoms with Crippen molar-refractivity contribution in [2.45, 2.75) is 38.3 Å². The van der Waals surface area contributed by atoms with Crippen molar-refractivity contribution in [3.63, 3.8) is 0 Å². The molecule has 1 saturated heterocycles.